The van der Waals surface area contributed by atoms with E-state index in [2.05, 4.69) is 4.98 Å². The predicted octanol–water partition coefficient (Wildman–Crippen LogP) is 2.77. The van der Waals surface area contributed by atoms with Crippen molar-refractivity contribution in [3.63, 3.8) is 0 Å². The molecule has 0 aliphatic carbocycles. The molecular formula is C22H23N4O4S+. The highest BCUT2D eigenvalue weighted by Crippen LogP contribution is 2.39. The summed E-state index contributed by atoms with van der Waals surface area (Å²) in [5.41, 5.74) is 2.17. The van der Waals surface area contributed by atoms with Gasteiger partial charge in [-0.15, -0.1) is 0 Å². The number of benzene rings is 2. The van der Waals surface area contributed by atoms with Crippen molar-refractivity contribution < 1.29 is 19.0 Å². The molecule has 1 atom stereocenters. The van der Waals surface area contributed by atoms with Gasteiger partial charge in [0.05, 0.1) is 25.5 Å². The van der Waals surface area contributed by atoms with Crippen LogP contribution in [0.25, 0.3) is 11.3 Å². The van der Waals surface area contributed by atoms with Gasteiger partial charge < -0.3 is 9.47 Å². The third-order valence-electron chi connectivity index (χ3n) is 5.08. The third kappa shape index (κ3) is 3.54. The summed E-state index contributed by atoms with van der Waals surface area (Å²) in [4.78, 5) is 30.5. The Hall–Kier alpha value is -3.33. The second-order valence-corrected chi connectivity index (χ2v) is 8.13. The molecule has 0 bridgehead atoms. The molecule has 0 fully saturated rings. The number of carbonyl (C=O) groups is 1. The molecule has 1 amide bonds. The van der Waals surface area contributed by atoms with E-state index >= 15 is 0 Å². The van der Waals surface area contributed by atoms with Crippen molar-refractivity contribution in [3.05, 3.63) is 58.4 Å². The summed E-state index contributed by atoms with van der Waals surface area (Å²) >= 11 is 1.43. The smallest absolute Gasteiger partial charge is 0.325 e. The van der Waals surface area contributed by atoms with E-state index in [1.165, 1.54) is 18.7 Å². The minimum absolute atomic E-state index is 0.169. The van der Waals surface area contributed by atoms with Gasteiger partial charge in [0.2, 0.25) is 11.1 Å². The van der Waals surface area contributed by atoms with Crippen molar-refractivity contribution in [3.8, 4) is 22.8 Å². The Bertz CT molecular complexity index is 1210. The van der Waals surface area contributed by atoms with Crippen LogP contribution in [0.2, 0.25) is 0 Å². The van der Waals surface area contributed by atoms with Crippen molar-refractivity contribution >= 4 is 23.4 Å². The normalized spacial score (nSPS) is 14.6. The number of amides is 1. The van der Waals surface area contributed by atoms with Crippen LogP contribution in [0.3, 0.4) is 0 Å². The fourth-order valence-electron chi connectivity index (χ4n) is 3.83. The number of ether oxygens (including phenoxy) is 2. The molecular weight excluding hydrogens is 416 g/mol. The van der Waals surface area contributed by atoms with E-state index in [1.807, 2.05) is 37.3 Å². The van der Waals surface area contributed by atoms with Gasteiger partial charge in [0.15, 0.2) is 11.5 Å². The molecule has 1 N–H and O–H groups in total. The number of aromatic amines is 1. The van der Waals surface area contributed by atoms with Gasteiger partial charge in [0, 0.05) is 17.6 Å². The Morgan fingerprint density at radius 2 is 1.94 bits per heavy atom. The number of nitrogens with zero attached hydrogens (tertiary/aromatic N) is 3. The minimum Gasteiger partial charge on any atom is -0.493 e. The number of rotatable bonds is 5. The van der Waals surface area contributed by atoms with Crippen molar-refractivity contribution in [2.75, 3.05) is 24.9 Å². The molecule has 2 heterocycles. The number of fused-ring (bicyclic) bond motifs is 3. The van der Waals surface area contributed by atoms with Gasteiger partial charge in [-0.05, 0) is 40.8 Å². The molecule has 0 saturated heterocycles. The number of carbonyl (C=O) groups excluding carboxylic acids is 1. The summed E-state index contributed by atoms with van der Waals surface area (Å²) < 4.78 is 12.5. The summed E-state index contributed by atoms with van der Waals surface area (Å²) in [6.07, 6.45) is -0.666. The van der Waals surface area contributed by atoms with E-state index in [9.17, 15) is 9.59 Å². The molecule has 3 aromatic rings. The van der Waals surface area contributed by atoms with E-state index in [-0.39, 0.29) is 11.5 Å². The maximum absolute atomic E-state index is 13.1. The first-order valence-corrected chi connectivity index (χ1v) is 10.8. The Kier molecular flexibility index (Phi) is 5.69. The zero-order chi connectivity index (χ0) is 22.1. The lowest BCUT2D eigenvalue weighted by atomic mass is 10.0. The summed E-state index contributed by atoms with van der Waals surface area (Å²) in [5.74, 6) is 1.67. The zero-order valence-electron chi connectivity index (χ0n) is 17.7. The van der Waals surface area contributed by atoms with Crippen molar-refractivity contribution in [2.24, 2.45) is 0 Å². The van der Waals surface area contributed by atoms with E-state index in [0.29, 0.717) is 33.6 Å². The first-order chi connectivity index (χ1) is 15.0. The van der Waals surface area contributed by atoms with E-state index in [4.69, 9.17) is 14.6 Å². The van der Waals surface area contributed by atoms with Crippen LogP contribution in [0, 0.1) is 0 Å². The highest BCUT2D eigenvalue weighted by Gasteiger charge is 2.45. The Balaban J connectivity index is 2.04. The van der Waals surface area contributed by atoms with Gasteiger partial charge in [-0.25, -0.2) is 4.90 Å². The molecule has 1 unspecified atom stereocenters. The van der Waals surface area contributed by atoms with E-state index in [0.717, 1.165) is 11.3 Å². The lowest BCUT2D eigenvalue weighted by molar-refractivity contribution is -0.763. The van der Waals surface area contributed by atoms with Gasteiger partial charge in [0.1, 0.15) is 0 Å². The molecule has 31 heavy (non-hydrogen) atoms. The van der Waals surface area contributed by atoms with Gasteiger partial charge in [-0.1, -0.05) is 30.8 Å². The van der Waals surface area contributed by atoms with E-state index < -0.39 is 6.17 Å². The number of aromatic nitrogens is 3. The van der Waals surface area contributed by atoms with Gasteiger partial charge in [0.25, 0.3) is 6.17 Å². The maximum atomic E-state index is 13.1. The van der Waals surface area contributed by atoms with Crippen LogP contribution in [-0.4, -0.2) is 36.0 Å². The molecule has 1 aromatic heterocycles. The quantitative estimate of drug-likeness (QED) is 0.486. The number of H-pyrrole nitrogens is 1. The molecule has 160 valence electrons. The number of hydrogen-bond donors (Lipinski definition) is 1. The topological polar surface area (TPSA) is 88.4 Å². The third-order valence-corrected chi connectivity index (χ3v) is 5.83. The summed E-state index contributed by atoms with van der Waals surface area (Å²) in [7, 11) is 3.12. The van der Waals surface area contributed by atoms with Gasteiger partial charge in [-0.2, -0.15) is 0 Å². The standard InChI is InChI=1S/C22H22N4O4S/c1-5-31-22-23-20(28)19-15-8-6-7-9-16(15)25(13(2)27)21(26(19)24-22)14-10-11-17(29-3)18(12-14)30-4/h6-12,21H,5H2,1-4H3/p+1. The first-order valence-electron chi connectivity index (χ1n) is 9.80. The van der Waals surface area contributed by atoms with Crippen molar-refractivity contribution in [1.82, 2.24) is 10.1 Å². The lowest BCUT2D eigenvalue weighted by Gasteiger charge is -2.31. The summed E-state index contributed by atoms with van der Waals surface area (Å²) in [5, 5.41) is 5.20. The molecule has 0 radical (unpaired) electrons. The number of nitrogens with one attached hydrogen (secondary N) is 1. The molecule has 2 aromatic carbocycles. The van der Waals surface area contributed by atoms with Crippen LogP contribution >= 0.6 is 11.8 Å². The Morgan fingerprint density at radius 3 is 2.61 bits per heavy atom. The number of anilines is 1. The van der Waals surface area contributed by atoms with Crippen LogP contribution in [0.5, 0.6) is 11.5 Å². The lowest BCUT2D eigenvalue weighted by Crippen LogP contribution is -2.60. The maximum Gasteiger partial charge on any atom is 0.325 e. The second kappa shape index (κ2) is 8.43. The van der Waals surface area contributed by atoms with Crippen molar-refractivity contribution in [2.45, 2.75) is 25.2 Å². The molecule has 0 saturated carbocycles. The zero-order valence-corrected chi connectivity index (χ0v) is 18.5. The number of para-hydroxylation sites is 1. The molecule has 8 nitrogen and oxygen atoms in total. The largest absolute Gasteiger partial charge is 0.493 e. The van der Waals surface area contributed by atoms with Crippen LogP contribution < -0.4 is 24.6 Å². The number of methoxy groups -OCH3 is 2. The highest BCUT2D eigenvalue weighted by atomic mass is 32.2. The molecule has 1 aliphatic heterocycles. The van der Waals surface area contributed by atoms with Crippen LogP contribution in [0.15, 0.2) is 52.4 Å². The molecule has 9 heteroatoms. The monoisotopic (exact) mass is 439 g/mol. The predicted molar refractivity (Wildman–Crippen MR) is 118 cm³/mol. The van der Waals surface area contributed by atoms with Gasteiger partial charge >= 0.3 is 11.3 Å². The Morgan fingerprint density at radius 1 is 1.19 bits per heavy atom. The minimum atomic E-state index is -0.666. The average Bonchev–Trinajstić information content (AvgIpc) is 2.77. The van der Waals surface area contributed by atoms with Crippen LogP contribution in [0.4, 0.5) is 5.69 Å². The SMILES string of the molecule is CCSc1n[n+]2c(c(=O)[nH]1)-c1ccccc1N(C(C)=O)C2c1ccc(OC)c(OC)c1. The van der Waals surface area contributed by atoms with E-state index in [1.54, 1.807) is 35.9 Å². The summed E-state index contributed by atoms with van der Waals surface area (Å²) in [6.45, 7) is 3.49. The van der Waals surface area contributed by atoms with Crippen LogP contribution in [0.1, 0.15) is 25.6 Å². The Labute approximate surface area is 183 Å². The number of hydrogen-bond acceptors (Lipinski definition) is 6. The van der Waals surface area contributed by atoms with Crippen molar-refractivity contribution in [1.29, 1.82) is 0 Å². The first kappa shape index (κ1) is 20.9. The fraction of sp³-hybridized carbons (Fsp3) is 0.273. The van der Waals surface area contributed by atoms with Crippen LogP contribution in [-0.2, 0) is 4.79 Å². The molecule has 0 spiro atoms. The highest BCUT2D eigenvalue weighted by molar-refractivity contribution is 7.99. The summed E-state index contributed by atoms with van der Waals surface area (Å²) in [6, 6.07) is 12.8. The average molecular weight is 440 g/mol. The van der Waals surface area contributed by atoms with Gasteiger partial charge in [-0.3, -0.25) is 14.6 Å². The second-order valence-electron chi connectivity index (χ2n) is 6.88. The molecule has 4 rings (SSSR count). The number of thioether (sulfide) groups is 1. The fourth-order valence-corrected chi connectivity index (χ4v) is 4.41. The molecule has 1 aliphatic rings.